The van der Waals surface area contributed by atoms with Crippen LogP contribution in [-0.2, 0) is 22.6 Å². The van der Waals surface area contributed by atoms with Crippen molar-refractivity contribution in [2.24, 2.45) is 0 Å². The Labute approximate surface area is 204 Å². The highest BCUT2D eigenvalue weighted by Crippen LogP contribution is 2.14. The minimum Gasteiger partial charge on any atom is -0.467 e. The number of amides is 2. The number of rotatable bonds is 11. The second-order valence-corrected chi connectivity index (χ2v) is 8.37. The van der Waals surface area contributed by atoms with E-state index in [0.717, 1.165) is 5.56 Å². The van der Waals surface area contributed by atoms with Gasteiger partial charge in [0.05, 0.1) is 17.7 Å². The fourth-order valence-electron chi connectivity index (χ4n) is 3.52. The van der Waals surface area contributed by atoms with E-state index in [2.05, 4.69) is 0 Å². The monoisotopic (exact) mass is 475 g/mol. The molecule has 8 nitrogen and oxygen atoms in total. The molecule has 0 saturated heterocycles. The van der Waals surface area contributed by atoms with E-state index in [-0.39, 0.29) is 30.1 Å². The summed E-state index contributed by atoms with van der Waals surface area (Å²) in [5.74, 6) is 0.183. The lowest BCUT2D eigenvalue weighted by Gasteiger charge is -2.29. The number of nitro benzene ring substituents is 1. The fraction of sp³-hybridized carbons (Fsp3) is 0.259. The van der Waals surface area contributed by atoms with Gasteiger partial charge in [0.2, 0.25) is 11.8 Å². The van der Waals surface area contributed by atoms with Gasteiger partial charge in [-0.15, -0.1) is 0 Å². The van der Waals surface area contributed by atoms with Crippen LogP contribution in [0.5, 0.6) is 0 Å². The number of carbonyl (C=O) groups is 2. The summed E-state index contributed by atoms with van der Waals surface area (Å²) < 4.78 is 5.45. The van der Waals surface area contributed by atoms with Gasteiger partial charge in [-0.2, -0.15) is 0 Å². The molecule has 0 aliphatic carbocycles. The first-order valence-electron chi connectivity index (χ1n) is 11.4. The molecule has 0 atom stereocenters. The fourth-order valence-corrected chi connectivity index (χ4v) is 3.52. The van der Waals surface area contributed by atoms with E-state index in [1.807, 2.05) is 50.2 Å². The van der Waals surface area contributed by atoms with Crippen LogP contribution in [0.2, 0.25) is 0 Å². The molecule has 35 heavy (non-hydrogen) atoms. The zero-order chi connectivity index (χ0) is 25.2. The maximum absolute atomic E-state index is 13.3. The van der Waals surface area contributed by atoms with Crippen molar-refractivity contribution in [2.75, 3.05) is 13.1 Å². The molecule has 8 heteroatoms. The lowest BCUT2D eigenvalue weighted by atomic mass is 10.1. The minimum atomic E-state index is -0.475. The van der Waals surface area contributed by atoms with E-state index in [4.69, 9.17) is 4.42 Å². The minimum absolute atomic E-state index is 0.0185. The SMILES string of the molecule is CC(C)N(CC(=O)N(CCc1ccccc1)Cc1ccco1)C(=O)C=Cc1ccc([N+](=O)[O-])cc1. The van der Waals surface area contributed by atoms with E-state index in [9.17, 15) is 19.7 Å². The Morgan fingerprint density at radius 3 is 2.34 bits per heavy atom. The Bertz CT molecular complexity index is 1140. The molecule has 0 aliphatic heterocycles. The second-order valence-electron chi connectivity index (χ2n) is 8.37. The topological polar surface area (TPSA) is 96.9 Å². The highest BCUT2D eigenvalue weighted by atomic mass is 16.6. The molecule has 3 rings (SSSR count). The van der Waals surface area contributed by atoms with Gasteiger partial charge in [0.25, 0.3) is 5.69 Å². The highest BCUT2D eigenvalue weighted by Gasteiger charge is 2.23. The first-order chi connectivity index (χ1) is 16.8. The summed E-state index contributed by atoms with van der Waals surface area (Å²) in [5, 5.41) is 10.8. The van der Waals surface area contributed by atoms with Gasteiger partial charge in [-0.1, -0.05) is 30.3 Å². The average molecular weight is 476 g/mol. The quantitative estimate of drug-likeness (QED) is 0.227. The molecule has 2 amide bonds. The molecule has 1 heterocycles. The lowest BCUT2D eigenvalue weighted by Crippen LogP contribution is -2.45. The van der Waals surface area contributed by atoms with Crippen molar-refractivity contribution < 1.29 is 18.9 Å². The smallest absolute Gasteiger partial charge is 0.269 e. The van der Waals surface area contributed by atoms with Crippen molar-refractivity contribution in [1.82, 2.24) is 9.80 Å². The van der Waals surface area contributed by atoms with E-state index in [0.29, 0.717) is 30.8 Å². The summed E-state index contributed by atoms with van der Waals surface area (Å²) in [6.45, 7) is 4.44. The van der Waals surface area contributed by atoms with Crippen LogP contribution in [0, 0.1) is 10.1 Å². The van der Waals surface area contributed by atoms with Crippen LogP contribution in [0.4, 0.5) is 5.69 Å². The standard InChI is InChI=1S/C27H29N3O5/c1-21(2)29(26(31)15-12-23-10-13-24(14-11-23)30(33)34)20-27(32)28(19-25-9-6-18-35-25)17-16-22-7-4-3-5-8-22/h3-15,18,21H,16-17,19-20H2,1-2H3. The lowest BCUT2D eigenvalue weighted by molar-refractivity contribution is -0.384. The normalized spacial score (nSPS) is 11.1. The molecule has 2 aromatic carbocycles. The van der Waals surface area contributed by atoms with Gasteiger partial charge in [0.15, 0.2) is 0 Å². The molecule has 0 N–H and O–H groups in total. The van der Waals surface area contributed by atoms with Gasteiger partial charge in [0.1, 0.15) is 12.3 Å². The maximum atomic E-state index is 13.3. The summed E-state index contributed by atoms with van der Waals surface area (Å²) in [6, 6.07) is 19.2. The molecule has 182 valence electrons. The van der Waals surface area contributed by atoms with Crippen LogP contribution in [0.15, 0.2) is 83.5 Å². The Balaban J connectivity index is 1.69. The third-order valence-corrected chi connectivity index (χ3v) is 5.53. The molecular weight excluding hydrogens is 446 g/mol. The predicted molar refractivity (Wildman–Crippen MR) is 133 cm³/mol. The van der Waals surface area contributed by atoms with Crippen molar-refractivity contribution in [3.8, 4) is 0 Å². The van der Waals surface area contributed by atoms with Crippen molar-refractivity contribution in [2.45, 2.75) is 32.9 Å². The average Bonchev–Trinajstić information content (AvgIpc) is 3.37. The van der Waals surface area contributed by atoms with Crippen LogP contribution in [-0.4, -0.2) is 45.7 Å². The van der Waals surface area contributed by atoms with Gasteiger partial charge >= 0.3 is 0 Å². The van der Waals surface area contributed by atoms with Crippen LogP contribution in [0.3, 0.4) is 0 Å². The summed E-state index contributed by atoms with van der Waals surface area (Å²) in [6.07, 6.45) is 5.22. The number of benzene rings is 2. The zero-order valence-corrected chi connectivity index (χ0v) is 19.9. The summed E-state index contributed by atoms with van der Waals surface area (Å²) in [7, 11) is 0. The zero-order valence-electron chi connectivity index (χ0n) is 19.9. The molecule has 1 aromatic heterocycles. The number of carbonyl (C=O) groups excluding carboxylic acids is 2. The van der Waals surface area contributed by atoms with Crippen molar-refractivity contribution in [3.05, 3.63) is 106 Å². The van der Waals surface area contributed by atoms with Gasteiger partial charge < -0.3 is 14.2 Å². The number of non-ortho nitro benzene ring substituents is 1. The first kappa shape index (κ1) is 25.4. The Kier molecular flexibility index (Phi) is 8.95. The van der Waals surface area contributed by atoms with E-state index < -0.39 is 4.92 Å². The van der Waals surface area contributed by atoms with Crippen LogP contribution < -0.4 is 0 Å². The summed E-state index contributed by atoms with van der Waals surface area (Å²) >= 11 is 0. The maximum Gasteiger partial charge on any atom is 0.269 e. The first-order valence-corrected chi connectivity index (χ1v) is 11.4. The van der Waals surface area contributed by atoms with Crippen molar-refractivity contribution >= 4 is 23.6 Å². The third-order valence-electron chi connectivity index (χ3n) is 5.53. The summed E-state index contributed by atoms with van der Waals surface area (Å²) in [4.78, 5) is 39.8. The molecule has 0 unspecified atom stereocenters. The van der Waals surface area contributed by atoms with Gasteiger partial charge in [-0.05, 0) is 61.7 Å². The Hall–Kier alpha value is -4.20. The molecule has 0 radical (unpaired) electrons. The Morgan fingerprint density at radius 2 is 1.74 bits per heavy atom. The number of furan rings is 1. The molecule has 0 saturated carbocycles. The van der Waals surface area contributed by atoms with Gasteiger partial charge in [-0.3, -0.25) is 19.7 Å². The number of hydrogen-bond acceptors (Lipinski definition) is 5. The van der Waals surface area contributed by atoms with Crippen molar-refractivity contribution in [1.29, 1.82) is 0 Å². The number of hydrogen-bond donors (Lipinski definition) is 0. The molecule has 0 aliphatic rings. The predicted octanol–water partition coefficient (Wildman–Crippen LogP) is 4.71. The van der Waals surface area contributed by atoms with Crippen molar-refractivity contribution in [3.63, 3.8) is 0 Å². The van der Waals surface area contributed by atoms with Gasteiger partial charge in [-0.25, -0.2) is 0 Å². The molecule has 3 aromatic rings. The van der Waals surface area contributed by atoms with E-state index in [1.54, 1.807) is 35.4 Å². The Morgan fingerprint density at radius 1 is 1.03 bits per heavy atom. The van der Waals surface area contributed by atoms with Gasteiger partial charge in [0, 0.05) is 30.8 Å². The number of nitro groups is 1. The largest absolute Gasteiger partial charge is 0.467 e. The molecule has 0 spiro atoms. The van der Waals surface area contributed by atoms with Crippen LogP contribution >= 0.6 is 0 Å². The van der Waals surface area contributed by atoms with Crippen LogP contribution in [0.1, 0.15) is 30.7 Å². The highest BCUT2D eigenvalue weighted by molar-refractivity contribution is 5.94. The van der Waals surface area contributed by atoms with Crippen LogP contribution in [0.25, 0.3) is 6.08 Å². The molecule has 0 bridgehead atoms. The summed E-state index contributed by atoms with van der Waals surface area (Å²) in [5.41, 5.74) is 1.75. The number of nitrogens with zero attached hydrogens (tertiary/aromatic N) is 3. The van der Waals surface area contributed by atoms with E-state index >= 15 is 0 Å². The third kappa shape index (κ3) is 7.67. The molecule has 0 fully saturated rings. The molecular formula is C27H29N3O5. The second kappa shape index (κ2) is 12.3. The van der Waals surface area contributed by atoms with E-state index in [1.165, 1.54) is 23.1 Å².